The van der Waals surface area contributed by atoms with Crippen molar-refractivity contribution in [3.05, 3.63) is 69.1 Å². The van der Waals surface area contributed by atoms with Crippen molar-refractivity contribution in [2.24, 2.45) is 0 Å². The van der Waals surface area contributed by atoms with Gasteiger partial charge in [0.05, 0.1) is 5.75 Å². The van der Waals surface area contributed by atoms with E-state index in [0.717, 1.165) is 27.1 Å². The summed E-state index contributed by atoms with van der Waals surface area (Å²) in [4.78, 5) is 23.7. The van der Waals surface area contributed by atoms with Crippen molar-refractivity contribution in [3.63, 3.8) is 0 Å². The van der Waals surface area contributed by atoms with Crippen LogP contribution in [0.1, 0.15) is 35.1 Å². The van der Waals surface area contributed by atoms with E-state index in [1.807, 2.05) is 60.0 Å². The SMILES string of the molecule is CC(=O)NCCCc1nnc(SCC(=O)c2ccc(C)cc2)n1-c1ccc(I)cc1. The fourth-order valence-electron chi connectivity index (χ4n) is 2.87. The first-order valence-corrected chi connectivity index (χ1v) is 11.7. The lowest BCUT2D eigenvalue weighted by Gasteiger charge is -2.10. The Kier molecular flexibility index (Phi) is 8.03. The quantitative estimate of drug-likeness (QED) is 0.193. The molecule has 0 unspecified atom stereocenters. The molecule has 0 spiro atoms. The number of benzene rings is 2. The molecule has 1 aromatic heterocycles. The number of Topliss-reactive ketones (excluding diaryl/α,β-unsaturated/α-hetero) is 1. The molecule has 3 aromatic rings. The number of halogens is 1. The highest BCUT2D eigenvalue weighted by atomic mass is 127. The fraction of sp³-hybridized carbons (Fsp3) is 0.273. The van der Waals surface area contributed by atoms with Crippen LogP contribution < -0.4 is 5.32 Å². The molecule has 0 aliphatic carbocycles. The van der Waals surface area contributed by atoms with Crippen LogP contribution in [-0.4, -0.2) is 38.8 Å². The number of hydrogen-bond acceptors (Lipinski definition) is 5. The number of hydrogen-bond donors (Lipinski definition) is 1. The minimum absolute atomic E-state index is 0.0417. The molecule has 0 aliphatic rings. The summed E-state index contributed by atoms with van der Waals surface area (Å²) < 4.78 is 3.14. The van der Waals surface area contributed by atoms with Crippen LogP contribution in [-0.2, 0) is 11.2 Å². The number of carbonyl (C=O) groups excluding carboxylic acids is 2. The van der Waals surface area contributed by atoms with E-state index >= 15 is 0 Å². The molecule has 0 atom stereocenters. The van der Waals surface area contributed by atoms with Crippen LogP contribution in [0.5, 0.6) is 0 Å². The summed E-state index contributed by atoms with van der Waals surface area (Å²) in [5.41, 5.74) is 2.78. The molecule has 0 fully saturated rings. The number of rotatable bonds is 9. The van der Waals surface area contributed by atoms with Gasteiger partial charge in [-0.3, -0.25) is 14.2 Å². The molecular weight excluding hydrogens is 511 g/mol. The maximum atomic E-state index is 12.6. The Morgan fingerprint density at radius 3 is 2.43 bits per heavy atom. The molecular formula is C22H23IN4O2S. The van der Waals surface area contributed by atoms with Crippen LogP contribution in [0.15, 0.2) is 53.7 Å². The van der Waals surface area contributed by atoms with Crippen molar-refractivity contribution in [1.29, 1.82) is 0 Å². The predicted molar refractivity (Wildman–Crippen MR) is 127 cm³/mol. The molecule has 1 N–H and O–H groups in total. The van der Waals surface area contributed by atoms with E-state index in [-0.39, 0.29) is 17.4 Å². The molecule has 2 aromatic carbocycles. The van der Waals surface area contributed by atoms with Gasteiger partial charge in [-0.25, -0.2) is 0 Å². The highest BCUT2D eigenvalue weighted by molar-refractivity contribution is 14.1. The van der Waals surface area contributed by atoms with E-state index in [9.17, 15) is 9.59 Å². The van der Waals surface area contributed by atoms with Gasteiger partial charge in [0.1, 0.15) is 5.82 Å². The van der Waals surface area contributed by atoms with Gasteiger partial charge in [0.2, 0.25) is 5.91 Å². The van der Waals surface area contributed by atoms with Crippen molar-refractivity contribution in [2.45, 2.75) is 31.8 Å². The molecule has 1 heterocycles. The van der Waals surface area contributed by atoms with Gasteiger partial charge in [0.15, 0.2) is 10.9 Å². The highest BCUT2D eigenvalue weighted by Crippen LogP contribution is 2.24. The van der Waals surface area contributed by atoms with E-state index in [1.165, 1.54) is 18.7 Å². The van der Waals surface area contributed by atoms with Crippen LogP contribution in [0.4, 0.5) is 0 Å². The highest BCUT2D eigenvalue weighted by Gasteiger charge is 2.16. The molecule has 0 saturated heterocycles. The lowest BCUT2D eigenvalue weighted by atomic mass is 10.1. The van der Waals surface area contributed by atoms with Gasteiger partial charge < -0.3 is 5.32 Å². The number of ketones is 1. The molecule has 1 amide bonds. The summed E-state index contributed by atoms with van der Waals surface area (Å²) in [5, 5.41) is 12.2. The van der Waals surface area contributed by atoms with Gasteiger partial charge in [-0.15, -0.1) is 10.2 Å². The Morgan fingerprint density at radius 2 is 1.77 bits per heavy atom. The summed E-state index contributed by atoms with van der Waals surface area (Å²) in [7, 11) is 0. The second-order valence-corrected chi connectivity index (χ2v) is 9.06. The number of amides is 1. The topological polar surface area (TPSA) is 76.9 Å². The predicted octanol–water partition coefficient (Wildman–Crippen LogP) is 4.22. The van der Waals surface area contributed by atoms with Crippen molar-refractivity contribution in [1.82, 2.24) is 20.1 Å². The van der Waals surface area contributed by atoms with Crippen molar-refractivity contribution < 1.29 is 9.59 Å². The van der Waals surface area contributed by atoms with Crippen LogP contribution >= 0.6 is 34.4 Å². The zero-order valence-electron chi connectivity index (χ0n) is 16.9. The smallest absolute Gasteiger partial charge is 0.216 e. The van der Waals surface area contributed by atoms with Crippen LogP contribution in [0, 0.1) is 10.5 Å². The summed E-state index contributed by atoms with van der Waals surface area (Å²) >= 11 is 3.66. The number of nitrogens with one attached hydrogen (secondary N) is 1. The maximum Gasteiger partial charge on any atom is 0.216 e. The molecule has 0 saturated carbocycles. The number of aryl methyl sites for hydroxylation is 2. The lowest BCUT2D eigenvalue weighted by molar-refractivity contribution is -0.118. The van der Waals surface area contributed by atoms with Crippen molar-refractivity contribution in [2.75, 3.05) is 12.3 Å². The number of thioether (sulfide) groups is 1. The number of nitrogens with zero attached hydrogens (tertiary/aromatic N) is 3. The second-order valence-electron chi connectivity index (χ2n) is 6.88. The normalized spacial score (nSPS) is 10.8. The maximum absolute atomic E-state index is 12.6. The Morgan fingerprint density at radius 1 is 1.07 bits per heavy atom. The molecule has 30 heavy (non-hydrogen) atoms. The minimum Gasteiger partial charge on any atom is -0.356 e. The van der Waals surface area contributed by atoms with Gasteiger partial charge in [0, 0.05) is 34.7 Å². The van der Waals surface area contributed by atoms with Crippen LogP contribution in [0.25, 0.3) is 5.69 Å². The standard InChI is InChI=1S/C22H23IN4O2S/c1-15-5-7-17(8-6-15)20(29)14-30-22-26-25-21(4-3-13-24-16(2)28)27(22)19-11-9-18(23)10-12-19/h5-12H,3-4,13-14H2,1-2H3,(H,24,28). The third-order valence-corrected chi connectivity index (χ3v) is 6.09. The number of carbonyl (C=O) groups is 2. The average Bonchev–Trinajstić information content (AvgIpc) is 3.13. The average molecular weight is 534 g/mol. The molecule has 0 aliphatic heterocycles. The third-order valence-electron chi connectivity index (χ3n) is 4.44. The zero-order chi connectivity index (χ0) is 21.5. The zero-order valence-corrected chi connectivity index (χ0v) is 19.9. The first-order chi connectivity index (χ1) is 14.4. The van der Waals surface area contributed by atoms with Crippen LogP contribution in [0.3, 0.4) is 0 Å². The first kappa shape index (κ1) is 22.5. The van der Waals surface area contributed by atoms with Gasteiger partial charge in [-0.1, -0.05) is 41.6 Å². The Bertz CT molecular complexity index is 1020. The summed E-state index contributed by atoms with van der Waals surface area (Å²) in [6, 6.07) is 15.7. The van der Waals surface area contributed by atoms with E-state index in [1.54, 1.807) is 0 Å². The third kappa shape index (κ3) is 6.15. The van der Waals surface area contributed by atoms with E-state index in [0.29, 0.717) is 23.7 Å². The van der Waals surface area contributed by atoms with Crippen LogP contribution in [0.2, 0.25) is 0 Å². The van der Waals surface area contributed by atoms with Gasteiger partial charge in [0.25, 0.3) is 0 Å². The first-order valence-electron chi connectivity index (χ1n) is 9.61. The Hall–Kier alpha value is -2.20. The van der Waals surface area contributed by atoms with Crippen molar-refractivity contribution >= 4 is 46.0 Å². The van der Waals surface area contributed by atoms with E-state index in [2.05, 4.69) is 38.1 Å². The molecule has 156 valence electrons. The summed E-state index contributed by atoms with van der Waals surface area (Å²) in [6.07, 6.45) is 1.43. The molecule has 6 nitrogen and oxygen atoms in total. The van der Waals surface area contributed by atoms with E-state index < -0.39 is 0 Å². The van der Waals surface area contributed by atoms with Gasteiger partial charge >= 0.3 is 0 Å². The largest absolute Gasteiger partial charge is 0.356 e. The molecule has 0 radical (unpaired) electrons. The molecule has 3 rings (SSSR count). The summed E-state index contributed by atoms with van der Waals surface area (Å²) in [5.74, 6) is 1.12. The summed E-state index contributed by atoms with van der Waals surface area (Å²) in [6.45, 7) is 4.09. The lowest BCUT2D eigenvalue weighted by Crippen LogP contribution is -2.21. The van der Waals surface area contributed by atoms with Gasteiger partial charge in [-0.2, -0.15) is 0 Å². The Labute approximate surface area is 194 Å². The monoisotopic (exact) mass is 534 g/mol. The second kappa shape index (κ2) is 10.7. The fourth-order valence-corrected chi connectivity index (χ4v) is 4.09. The van der Waals surface area contributed by atoms with Gasteiger partial charge in [-0.05, 0) is 60.2 Å². The Balaban J connectivity index is 1.77. The van der Waals surface area contributed by atoms with E-state index in [4.69, 9.17) is 0 Å². The molecule has 0 bridgehead atoms. The van der Waals surface area contributed by atoms with Crippen molar-refractivity contribution in [3.8, 4) is 5.69 Å². The molecule has 8 heteroatoms. The number of aromatic nitrogens is 3. The minimum atomic E-state index is -0.0417.